The molecule has 0 radical (unpaired) electrons. The van der Waals surface area contributed by atoms with E-state index in [2.05, 4.69) is 15.3 Å². The molecule has 1 fully saturated rings. The molecule has 2 heterocycles. The Balaban J connectivity index is 0.00000200. The Morgan fingerprint density at radius 2 is 2.29 bits per heavy atom. The Morgan fingerprint density at radius 1 is 1.52 bits per heavy atom. The van der Waals surface area contributed by atoms with Gasteiger partial charge in [-0.15, -0.1) is 24.8 Å². The summed E-state index contributed by atoms with van der Waals surface area (Å²) >= 11 is 0. The minimum atomic E-state index is 0. The Labute approximate surface area is 138 Å². The van der Waals surface area contributed by atoms with Crippen molar-refractivity contribution in [2.75, 3.05) is 24.5 Å². The summed E-state index contributed by atoms with van der Waals surface area (Å²) in [6.45, 7) is 2.46. The van der Waals surface area contributed by atoms with Gasteiger partial charge in [0.1, 0.15) is 0 Å². The van der Waals surface area contributed by atoms with Gasteiger partial charge < -0.3 is 16.0 Å². The van der Waals surface area contributed by atoms with E-state index in [0.29, 0.717) is 13.0 Å². The molecule has 8 heteroatoms. The lowest BCUT2D eigenvalue weighted by molar-refractivity contribution is -0.121. The van der Waals surface area contributed by atoms with Crippen molar-refractivity contribution in [3.05, 3.63) is 12.4 Å². The lowest BCUT2D eigenvalue weighted by atomic mass is 10.1. The maximum absolute atomic E-state index is 11.7. The molecule has 1 unspecified atom stereocenters. The number of carbonyl (C=O) groups is 1. The molecule has 6 nitrogen and oxygen atoms in total. The van der Waals surface area contributed by atoms with Gasteiger partial charge in [0.05, 0.1) is 11.9 Å². The summed E-state index contributed by atoms with van der Waals surface area (Å²) in [6, 6.07) is 0.235. The highest BCUT2D eigenvalue weighted by Crippen LogP contribution is 2.18. The van der Waals surface area contributed by atoms with Gasteiger partial charge in [-0.1, -0.05) is 0 Å². The van der Waals surface area contributed by atoms with Crippen LogP contribution in [0.3, 0.4) is 0 Å². The Bertz CT molecular complexity index is 426. The summed E-state index contributed by atoms with van der Waals surface area (Å²) in [5.41, 5.74) is 6.54. The zero-order valence-corrected chi connectivity index (χ0v) is 14.0. The third-order valence-corrected chi connectivity index (χ3v) is 3.45. The van der Waals surface area contributed by atoms with E-state index >= 15 is 0 Å². The fourth-order valence-corrected chi connectivity index (χ4v) is 2.46. The smallest absolute Gasteiger partial charge is 0.220 e. The average molecular weight is 338 g/mol. The molecule has 0 saturated carbocycles. The number of piperidine rings is 1. The average Bonchev–Trinajstić information content (AvgIpc) is 2.83. The molecule has 1 aromatic heterocycles. The standard InChI is InChI=1S/C13H23N5O.2ClH/c1-17-10-12(8-15-17)18-7-3-4-11(9-18)16-13(19)5-2-6-14;;/h8,10-11H,2-7,9,14H2,1H3,(H,16,19);2*1H. The predicted octanol–water partition coefficient (Wildman–Crippen LogP) is 1.09. The van der Waals surface area contributed by atoms with Crippen LogP contribution in [-0.2, 0) is 11.8 Å². The highest BCUT2D eigenvalue weighted by atomic mass is 35.5. The summed E-state index contributed by atoms with van der Waals surface area (Å²) in [5.74, 6) is 0.114. The first kappa shape index (κ1) is 20.0. The first-order valence-corrected chi connectivity index (χ1v) is 6.92. The van der Waals surface area contributed by atoms with E-state index in [9.17, 15) is 4.79 Å². The predicted molar refractivity (Wildman–Crippen MR) is 89.4 cm³/mol. The van der Waals surface area contributed by atoms with Gasteiger partial charge >= 0.3 is 0 Å². The van der Waals surface area contributed by atoms with Gasteiger partial charge in [-0.2, -0.15) is 5.10 Å². The van der Waals surface area contributed by atoms with Crippen molar-refractivity contribution < 1.29 is 4.79 Å². The van der Waals surface area contributed by atoms with Gasteiger partial charge in [0, 0.05) is 38.8 Å². The lowest BCUT2D eigenvalue weighted by Gasteiger charge is -2.33. The summed E-state index contributed by atoms with van der Waals surface area (Å²) in [4.78, 5) is 14.0. The highest BCUT2D eigenvalue weighted by Gasteiger charge is 2.22. The first-order valence-electron chi connectivity index (χ1n) is 6.92. The van der Waals surface area contributed by atoms with Crippen LogP contribution in [0.5, 0.6) is 0 Å². The summed E-state index contributed by atoms with van der Waals surface area (Å²) in [6.07, 6.45) is 7.31. The normalized spacial score (nSPS) is 17.6. The molecule has 0 aromatic carbocycles. The van der Waals surface area contributed by atoms with E-state index in [1.165, 1.54) is 0 Å². The van der Waals surface area contributed by atoms with Crippen LogP contribution in [-0.4, -0.2) is 41.4 Å². The van der Waals surface area contributed by atoms with Gasteiger partial charge in [0.2, 0.25) is 5.91 Å². The largest absolute Gasteiger partial charge is 0.367 e. The number of nitrogens with zero attached hydrogens (tertiary/aromatic N) is 3. The van der Waals surface area contributed by atoms with Crippen LogP contribution in [0.25, 0.3) is 0 Å². The van der Waals surface area contributed by atoms with E-state index in [4.69, 9.17) is 5.73 Å². The van der Waals surface area contributed by atoms with Crippen LogP contribution in [0.2, 0.25) is 0 Å². The molecular weight excluding hydrogens is 313 g/mol. The van der Waals surface area contributed by atoms with E-state index in [1.54, 1.807) is 4.68 Å². The van der Waals surface area contributed by atoms with Crippen molar-refractivity contribution in [3.8, 4) is 0 Å². The maximum atomic E-state index is 11.7. The number of nitrogens with two attached hydrogens (primary N) is 1. The lowest BCUT2D eigenvalue weighted by Crippen LogP contribution is -2.47. The van der Waals surface area contributed by atoms with Gasteiger partial charge in [-0.25, -0.2) is 0 Å². The molecule has 0 bridgehead atoms. The van der Waals surface area contributed by atoms with Crippen LogP contribution in [0.1, 0.15) is 25.7 Å². The molecule has 21 heavy (non-hydrogen) atoms. The third kappa shape index (κ3) is 6.11. The molecule has 3 N–H and O–H groups in total. The van der Waals surface area contributed by atoms with E-state index < -0.39 is 0 Å². The van der Waals surface area contributed by atoms with Gasteiger partial charge in [-0.3, -0.25) is 9.48 Å². The molecule has 1 amide bonds. The molecule has 0 spiro atoms. The van der Waals surface area contributed by atoms with Crippen LogP contribution >= 0.6 is 24.8 Å². The fourth-order valence-electron chi connectivity index (χ4n) is 2.46. The van der Waals surface area contributed by atoms with Crippen molar-refractivity contribution in [2.45, 2.75) is 31.7 Å². The third-order valence-electron chi connectivity index (χ3n) is 3.45. The van der Waals surface area contributed by atoms with E-state index in [0.717, 1.165) is 38.0 Å². The second kappa shape index (κ2) is 9.87. The van der Waals surface area contributed by atoms with Crippen LogP contribution in [0, 0.1) is 0 Å². The second-order valence-electron chi connectivity index (χ2n) is 5.12. The van der Waals surface area contributed by atoms with Gasteiger partial charge in [0.25, 0.3) is 0 Å². The molecule has 1 atom stereocenters. The van der Waals surface area contributed by atoms with Gasteiger partial charge in [0.15, 0.2) is 0 Å². The number of nitrogens with one attached hydrogen (secondary N) is 1. The van der Waals surface area contributed by atoms with Crippen molar-refractivity contribution in [1.82, 2.24) is 15.1 Å². The number of hydrogen-bond donors (Lipinski definition) is 2. The van der Waals surface area contributed by atoms with Crippen LogP contribution in [0.4, 0.5) is 5.69 Å². The Hall–Kier alpha value is -0.980. The Morgan fingerprint density at radius 3 is 2.90 bits per heavy atom. The number of halogens is 2. The molecular formula is C13H25Cl2N5O. The molecule has 122 valence electrons. The molecule has 1 saturated heterocycles. The number of anilines is 1. The first-order chi connectivity index (χ1) is 9.19. The Kier molecular flexibility index (Phi) is 9.41. The highest BCUT2D eigenvalue weighted by molar-refractivity contribution is 5.85. The minimum absolute atomic E-state index is 0. The zero-order valence-electron chi connectivity index (χ0n) is 12.3. The van der Waals surface area contributed by atoms with Crippen molar-refractivity contribution in [2.24, 2.45) is 12.8 Å². The molecule has 2 rings (SSSR count). The van der Waals surface area contributed by atoms with Crippen molar-refractivity contribution in [3.63, 3.8) is 0 Å². The van der Waals surface area contributed by atoms with E-state index in [-0.39, 0.29) is 36.8 Å². The zero-order chi connectivity index (χ0) is 13.7. The molecule has 1 aliphatic heterocycles. The maximum Gasteiger partial charge on any atom is 0.220 e. The molecule has 1 aromatic rings. The van der Waals surface area contributed by atoms with Gasteiger partial charge in [-0.05, 0) is 25.8 Å². The summed E-state index contributed by atoms with van der Waals surface area (Å²) in [5, 5.41) is 7.29. The number of hydrogen-bond acceptors (Lipinski definition) is 4. The number of rotatable bonds is 5. The topological polar surface area (TPSA) is 76.2 Å². The number of aromatic nitrogens is 2. The quantitative estimate of drug-likeness (QED) is 0.843. The molecule has 1 aliphatic rings. The number of aryl methyl sites for hydroxylation is 1. The van der Waals surface area contributed by atoms with E-state index in [1.807, 2.05) is 19.4 Å². The van der Waals surface area contributed by atoms with Crippen LogP contribution < -0.4 is 16.0 Å². The van der Waals surface area contributed by atoms with Crippen LogP contribution in [0.15, 0.2) is 12.4 Å². The SMILES string of the molecule is Cl.Cl.Cn1cc(N2CCCC(NC(=O)CCCN)C2)cn1. The summed E-state index contributed by atoms with van der Waals surface area (Å²) in [7, 11) is 1.92. The van der Waals surface area contributed by atoms with Crippen molar-refractivity contribution in [1.29, 1.82) is 0 Å². The summed E-state index contributed by atoms with van der Waals surface area (Å²) < 4.78 is 1.80. The van der Waals surface area contributed by atoms with Crippen molar-refractivity contribution >= 4 is 36.4 Å². The number of carbonyl (C=O) groups excluding carboxylic acids is 1. The molecule has 0 aliphatic carbocycles. The number of amides is 1. The fraction of sp³-hybridized carbons (Fsp3) is 0.692. The second-order valence-corrected chi connectivity index (χ2v) is 5.12. The monoisotopic (exact) mass is 337 g/mol. The minimum Gasteiger partial charge on any atom is -0.367 e.